The number of hydrogen-bond acceptors (Lipinski definition) is 7. The van der Waals surface area contributed by atoms with E-state index in [0.717, 1.165) is 46.6 Å². The molecule has 8 heteroatoms. The smallest absolute Gasteiger partial charge is 0.227 e. The summed E-state index contributed by atoms with van der Waals surface area (Å²) in [6, 6.07) is 10.3. The molecule has 0 atom stereocenters. The summed E-state index contributed by atoms with van der Waals surface area (Å²) in [5, 5.41) is 8.47. The Balaban J connectivity index is 1.46. The van der Waals surface area contributed by atoms with Gasteiger partial charge in [0.25, 0.3) is 0 Å². The first-order valence-corrected chi connectivity index (χ1v) is 11.5. The monoisotopic (exact) mass is 468 g/mol. The predicted octanol–water partition coefficient (Wildman–Crippen LogP) is 4.24. The van der Waals surface area contributed by atoms with E-state index >= 15 is 0 Å². The molecule has 0 saturated carbocycles. The maximum atomic E-state index is 6.32. The molecule has 0 aliphatic carbocycles. The average molecular weight is 469 g/mol. The standard InChI is InChI=1S/C27H28N6O2/c1-6-18-7-20-12-28-27(31-26(20)25(8-18)34-5)30-22-9-19(21-13-29-32(4)14-21)10-23(11-22)35-24-15-33(16-24)17(2)3/h1,7-14,17,24H,15-16H2,2-5H3,(H,28,30,31). The molecule has 4 aromatic rings. The van der Waals surface area contributed by atoms with Gasteiger partial charge in [-0.05, 0) is 43.7 Å². The van der Waals surface area contributed by atoms with Crippen LogP contribution in [0.3, 0.4) is 0 Å². The molecular formula is C27H28N6O2. The maximum absolute atomic E-state index is 6.32. The number of ether oxygens (including phenoxy) is 2. The molecule has 2 aromatic carbocycles. The highest BCUT2D eigenvalue weighted by molar-refractivity contribution is 5.86. The molecule has 35 heavy (non-hydrogen) atoms. The van der Waals surface area contributed by atoms with Crippen LogP contribution in [0, 0.1) is 12.3 Å². The first kappa shape index (κ1) is 22.7. The van der Waals surface area contributed by atoms with Crippen molar-refractivity contribution < 1.29 is 9.47 Å². The second-order valence-corrected chi connectivity index (χ2v) is 9.02. The average Bonchev–Trinajstić information content (AvgIpc) is 3.26. The molecule has 0 spiro atoms. The molecule has 1 N–H and O–H groups in total. The van der Waals surface area contributed by atoms with E-state index in [2.05, 4.69) is 40.1 Å². The molecule has 2 aromatic heterocycles. The van der Waals surface area contributed by atoms with E-state index in [-0.39, 0.29) is 6.10 Å². The first-order valence-electron chi connectivity index (χ1n) is 11.5. The van der Waals surface area contributed by atoms with E-state index in [1.54, 1.807) is 24.1 Å². The molecule has 178 valence electrons. The number of methoxy groups -OCH3 is 1. The normalized spacial score (nSPS) is 14.1. The second kappa shape index (κ2) is 9.28. The van der Waals surface area contributed by atoms with Gasteiger partial charge in [0, 0.05) is 66.8 Å². The van der Waals surface area contributed by atoms with Crippen LogP contribution in [0.5, 0.6) is 11.5 Å². The van der Waals surface area contributed by atoms with Crippen molar-refractivity contribution in [3.05, 3.63) is 54.5 Å². The van der Waals surface area contributed by atoms with E-state index in [0.29, 0.717) is 23.3 Å². The van der Waals surface area contributed by atoms with Crippen LogP contribution in [-0.2, 0) is 7.05 Å². The number of rotatable bonds is 7. The third-order valence-electron chi connectivity index (χ3n) is 6.14. The van der Waals surface area contributed by atoms with Crippen molar-refractivity contribution >= 4 is 22.5 Å². The SMILES string of the molecule is C#Cc1cc(OC)c2nc(Nc3cc(OC4CN(C(C)C)C4)cc(-c4cnn(C)c4)c3)ncc2c1. The van der Waals surface area contributed by atoms with Crippen LogP contribution in [0.4, 0.5) is 11.6 Å². The highest BCUT2D eigenvalue weighted by Crippen LogP contribution is 2.32. The number of anilines is 2. The molecule has 0 bridgehead atoms. The molecule has 1 aliphatic heterocycles. The zero-order valence-electron chi connectivity index (χ0n) is 20.3. The molecular weight excluding hydrogens is 440 g/mol. The minimum atomic E-state index is 0.168. The lowest BCUT2D eigenvalue weighted by molar-refractivity contribution is 0.000211. The van der Waals surface area contributed by atoms with Gasteiger partial charge in [0.05, 0.1) is 13.3 Å². The van der Waals surface area contributed by atoms with Crippen LogP contribution in [0.15, 0.2) is 48.9 Å². The van der Waals surface area contributed by atoms with E-state index in [1.807, 2.05) is 43.7 Å². The van der Waals surface area contributed by atoms with Crippen molar-refractivity contribution in [2.75, 3.05) is 25.5 Å². The van der Waals surface area contributed by atoms with Gasteiger partial charge >= 0.3 is 0 Å². The quantitative estimate of drug-likeness (QED) is 0.407. The van der Waals surface area contributed by atoms with Crippen LogP contribution in [0.2, 0.25) is 0 Å². The molecule has 0 amide bonds. The van der Waals surface area contributed by atoms with Crippen molar-refractivity contribution in [1.82, 2.24) is 24.6 Å². The van der Waals surface area contributed by atoms with Crippen LogP contribution < -0.4 is 14.8 Å². The Morgan fingerprint density at radius 1 is 1.11 bits per heavy atom. The van der Waals surface area contributed by atoms with E-state index < -0.39 is 0 Å². The number of hydrogen-bond donors (Lipinski definition) is 1. The fraction of sp³-hybridized carbons (Fsp3) is 0.296. The fourth-order valence-corrected chi connectivity index (χ4v) is 4.18. The number of likely N-dealkylation sites (tertiary alicyclic amines) is 1. The third kappa shape index (κ3) is 4.77. The molecule has 1 fully saturated rings. The Morgan fingerprint density at radius 3 is 2.63 bits per heavy atom. The molecule has 5 rings (SSSR count). The van der Waals surface area contributed by atoms with Gasteiger partial charge in [0.15, 0.2) is 0 Å². The summed E-state index contributed by atoms with van der Waals surface area (Å²) in [6.45, 7) is 6.25. The third-order valence-corrected chi connectivity index (χ3v) is 6.14. The number of aromatic nitrogens is 4. The maximum Gasteiger partial charge on any atom is 0.227 e. The number of nitrogens with zero attached hydrogens (tertiary/aromatic N) is 5. The van der Waals surface area contributed by atoms with Crippen LogP contribution in [0.25, 0.3) is 22.0 Å². The summed E-state index contributed by atoms with van der Waals surface area (Å²) in [4.78, 5) is 11.6. The van der Waals surface area contributed by atoms with Crippen molar-refractivity contribution in [2.24, 2.45) is 7.05 Å². The minimum Gasteiger partial charge on any atom is -0.494 e. The zero-order valence-corrected chi connectivity index (χ0v) is 20.3. The summed E-state index contributed by atoms with van der Waals surface area (Å²) < 4.78 is 13.6. The molecule has 1 aliphatic rings. The lowest BCUT2D eigenvalue weighted by Gasteiger charge is -2.41. The predicted molar refractivity (Wildman–Crippen MR) is 137 cm³/mol. The number of benzene rings is 2. The Morgan fingerprint density at radius 2 is 1.94 bits per heavy atom. The molecule has 1 saturated heterocycles. The van der Waals surface area contributed by atoms with Crippen LogP contribution in [0.1, 0.15) is 19.4 Å². The number of fused-ring (bicyclic) bond motifs is 1. The van der Waals surface area contributed by atoms with Crippen molar-refractivity contribution in [3.8, 4) is 35.0 Å². The van der Waals surface area contributed by atoms with E-state index in [9.17, 15) is 0 Å². The van der Waals surface area contributed by atoms with E-state index in [4.69, 9.17) is 20.9 Å². The molecule has 3 heterocycles. The summed E-state index contributed by atoms with van der Waals surface area (Å²) in [6.07, 6.45) is 11.3. The minimum absolute atomic E-state index is 0.168. The number of nitrogens with one attached hydrogen (secondary N) is 1. The van der Waals surface area contributed by atoms with Crippen LogP contribution in [-0.4, -0.2) is 57.0 Å². The highest BCUT2D eigenvalue weighted by Gasteiger charge is 2.30. The topological polar surface area (TPSA) is 77.3 Å². The fourth-order valence-electron chi connectivity index (χ4n) is 4.18. The zero-order chi connectivity index (χ0) is 24.5. The van der Waals surface area contributed by atoms with E-state index in [1.165, 1.54) is 0 Å². The number of aryl methyl sites for hydroxylation is 1. The van der Waals surface area contributed by atoms with Gasteiger partial charge in [-0.25, -0.2) is 9.97 Å². The second-order valence-electron chi connectivity index (χ2n) is 9.02. The van der Waals surface area contributed by atoms with Gasteiger partial charge in [0.2, 0.25) is 5.95 Å². The lowest BCUT2D eigenvalue weighted by atomic mass is 10.1. The summed E-state index contributed by atoms with van der Waals surface area (Å²) in [5.74, 6) is 4.49. The Bertz CT molecular complexity index is 1420. The molecule has 8 nitrogen and oxygen atoms in total. The molecule has 0 radical (unpaired) electrons. The molecule has 0 unspecified atom stereocenters. The number of terminal acetylenes is 1. The van der Waals surface area contributed by atoms with Gasteiger partial charge in [-0.3, -0.25) is 9.58 Å². The highest BCUT2D eigenvalue weighted by atomic mass is 16.5. The van der Waals surface area contributed by atoms with Gasteiger partial charge < -0.3 is 14.8 Å². The Kier molecular flexibility index (Phi) is 6.01. The van der Waals surface area contributed by atoms with Gasteiger partial charge in [-0.2, -0.15) is 5.10 Å². The van der Waals surface area contributed by atoms with Crippen molar-refractivity contribution in [3.63, 3.8) is 0 Å². The van der Waals surface area contributed by atoms with Crippen molar-refractivity contribution in [2.45, 2.75) is 26.0 Å². The summed E-state index contributed by atoms with van der Waals surface area (Å²) in [5.41, 5.74) is 4.22. The first-order chi connectivity index (χ1) is 16.9. The van der Waals surface area contributed by atoms with Crippen molar-refractivity contribution in [1.29, 1.82) is 0 Å². The van der Waals surface area contributed by atoms with Gasteiger partial charge in [-0.1, -0.05) is 5.92 Å². The summed E-state index contributed by atoms with van der Waals surface area (Å²) in [7, 11) is 3.51. The lowest BCUT2D eigenvalue weighted by Crippen LogP contribution is -2.56. The van der Waals surface area contributed by atoms with Gasteiger partial charge in [0.1, 0.15) is 23.1 Å². The van der Waals surface area contributed by atoms with Gasteiger partial charge in [-0.15, -0.1) is 6.42 Å². The van der Waals surface area contributed by atoms with Crippen LogP contribution >= 0.6 is 0 Å². The summed E-state index contributed by atoms with van der Waals surface area (Å²) >= 11 is 0. The Labute approximate surface area is 204 Å². The largest absolute Gasteiger partial charge is 0.494 e. The Hall–Kier alpha value is -4.09.